The van der Waals surface area contributed by atoms with Gasteiger partial charge in [0, 0.05) is 18.9 Å². The van der Waals surface area contributed by atoms with E-state index < -0.39 is 0 Å². The molecule has 2 N–H and O–H groups in total. The van der Waals surface area contributed by atoms with Crippen LogP contribution in [0.2, 0.25) is 0 Å². The minimum absolute atomic E-state index is 0.131. The van der Waals surface area contributed by atoms with Crippen LogP contribution < -0.4 is 5.32 Å². The Bertz CT molecular complexity index is 610. The minimum atomic E-state index is -0.216. The van der Waals surface area contributed by atoms with Crippen LogP contribution in [0.3, 0.4) is 0 Å². The lowest BCUT2D eigenvalue weighted by molar-refractivity contribution is 0.0875. The summed E-state index contributed by atoms with van der Waals surface area (Å²) in [4.78, 5) is 16.2. The number of hydrogen-bond acceptors (Lipinski definition) is 4. The van der Waals surface area contributed by atoms with E-state index in [0.29, 0.717) is 23.5 Å². The van der Waals surface area contributed by atoms with Gasteiger partial charge in [-0.1, -0.05) is 6.42 Å². The number of aliphatic hydroxyl groups excluding tert-OH is 1. The van der Waals surface area contributed by atoms with Crippen molar-refractivity contribution in [2.75, 3.05) is 6.54 Å². The maximum atomic E-state index is 12.2. The molecule has 0 saturated heterocycles. The first-order valence-corrected chi connectivity index (χ1v) is 6.97. The summed E-state index contributed by atoms with van der Waals surface area (Å²) in [5.74, 6) is 0.232. The fourth-order valence-electron chi connectivity index (χ4n) is 2.79. The first-order valence-electron chi connectivity index (χ1n) is 6.97. The number of aliphatic hydroxyl groups is 1. The summed E-state index contributed by atoms with van der Waals surface area (Å²) in [5.41, 5.74) is 1.24. The number of aromatic nitrogens is 3. The molecule has 2 heterocycles. The van der Waals surface area contributed by atoms with Crippen molar-refractivity contribution in [2.45, 2.75) is 31.8 Å². The molecule has 6 nitrogen and oxygen atoms in total. The van der Waals surface area contributed by atoms with Crippen molar-refractivity contribution < 1.29 is 9.90 Å². The van der Waals surface area contributed by atoms with E-state index in [-0.39, 0.29) is 12.0 Å². The summed E-state index contributed by atoms with van der Waals surface area (Å²) >= 11 is 0. The maximum absolute atomic E-state index is 12.2. The Morgan fingerprint density at radius 2 is 2.35 bits per heavy atom. The molecule has 2 aromatic rings. The van der Waals surface area contributed by atoms with Gasteiger partial charge >= 0.3 is 0 Å². The van der Waals surface area contributed by atoms with E-state index in [9.17, 15) is 9.90 Å². The van der Waals surface area contributed by atoms with Gasteiger partial charge in [0.1, 0.15) is 0 Å². The Balaban J connectivity index is 1.64. The highest BCUT2D eigenvalue weighted by Crippen LogP contribution is 2.23. The molecular weight excluding hydrogens is 256 g/mol. The van der Waals surface area contributed by atoms with Crippen LogP contribution in [0.1, 0.15) is 36.0 Å². The number of amides is 1. The molecule has 106 valence electrons. The van der Waals surface area contributed by atoms with Gasteiger partial charge in [0.05, 0.1) is 29.6 Å². The van der Waals surface area contributed by atoms with Gasteiger partial charge in [-0.25, -0.2) is 4.52 Å². The molecule has 2 unspecified atom stereocenters. The van der Waals surface area contributed by atoms with Crippen molar-refractivity contribution in [3.8, 4) is 0 Å². The zero-order valence-electron chi connectivity index (χ0n) is 11.2. The van der Waals surface area contributed by atoms with Gasteiger partial charge in [0.2, 0.25) is 0 Å². The highest BCUT2D eigenvalue weighted by atomic mass is 16.3. The van der Waals surface area contributed by atoms with E-state index in [4.69, 9.17) is 0 Å². The highest BCUT2D eigenvalue weighted by molar-refractivity contribution is 6.00. The number of rotatable bonds is 3. The second-order valence-corrected chi connectivity index (χ2v) is 5.36. The topological polar surface area (TPSA) is 79.5 Å². The molecule has 1 fully saturated rings. The first kappa shape index (κ1) is 13.1. The van der Waals surface area contributed by atoms with Gasteiger partial charge in [-0.2, -0.15) is 5.10 Å². The number of nitrogens with zero attached hydrogens (tertiary/aromatic N) is 3. The van der Waals surface area contributed by atoms with Crippen molar-refractivity contribution in [2.24, 2.45) is 5.92 Å². The molecule has 1 aliphatic rings. The molecule has 0 aliphatic heterocycles. The van der Waals surface area contributed by atoms with Crippen LogP contribution in [-0.4, -0.2) is 38.3 Å². The zero-order chi connectivity index (χ0) is 13.9. The fourth-order valence-corrected chi connectivity index (χ4v) is 2.79. The second-order valence-electron chi connectivity index (χ2n) is 5.36. The van der Waals surface area contributed by atoms with Gasteiger partial charge < -0.3 is 10.4 Å². The summed E-state index contributed by atoms with van der Waals surface area (Å²) in [7, 11) is 0. The molecule has 0 bridgehead atoms. The molecule has 1 aliphatic carbocycles. The molecular formula is C14H18N4O2. The smallest absolute Gasteiger partial charge is 0.255 e. The molecule has 0 spiro atoms. The lowest BCUT2D eigenvalue weighted by Crippen LogP contribution is -2.32. The largest absolute Gasteiger partial charge is 0.393 e. The number of carbonyl (C=O) groups is 1. The average Bonchev–Trinajstić information content (AvgIpc) is 2.89. The number of carbonyl (C=O) groups excluding carboxylic acids is 1. The van der Waals surface area contributed by atoms with E-state index in [1.165, 1.54) is 0 Å². The summed E-state index contributed by atoms with van der Waals surface area (Å²) in [6.07, 6.45) is 10.1. The summed E-state index contributed by atoms with van der Waals surface area (Å²) in [6, 6.07) is 0. The van der Waals surface area contributed by atoms with Crippen molar-refractivity contribution in [1.29, 1.82) is 0 Å². The van der Waals surface area contributed by atoms with Gasteiger partial charge in [-0.05, 0) is 25.2 Å². The normalized spacial score (nSPS) is 22.9. The predicted octanol–water partition coefficient (Wildman–Crippen LogP) is 1.01. The van der Waals surface area contributed by atoms with Crippen LogP contribution in [0.25, 0.3) is 5.52 Å². The third-order valence-corrected chi connectivity index (χ3v) is 3.88. The Labute approximate surface area is 116 Å². The molecule has 2 aromatic heterocycles. The zero-order valence-corrected chi connectivity index (χ0v) is 11.2. The molecule has 2 atom stereocenters. The fraction of sp³-hybridized carbons (Fsp3) is 0.500. The lowest BCUT2D eigenvalue weighted by atomic mass is 9.87. The SMILES string of the molecule is O=C(NCC1CCCC(O)C1)c1cnn2ccncc12. The maximum Gasteiger partial charge on any atom is 0.255 e. The van der Waals surface area contributed by atoms with Crippen LogP contribution in [0.5, 0.6) is 0 Å². The summed E-state index contributed by atoms with van der Waals surface area (Å²) in [5, 5.41) is 16.7. The van der Waals surface area contributed by atoms with Crippen molar-refractivity contribution >= 4 is 11.4 Å². The van der Waals surface area contributed by atoms with Gasteiger partial charge in [0.15, 0.2) is 0 Å². The standard InChI is InChI=1S/C14H18N4O2/c19-11-3-1-2-10(6-11)7-16-14(20)12-8-17-18-5-4-15-9-13(12)18/h4-5,8-11,19H,1-3,6-7H2,(H,16,20). The average molecular weight is 274 g/mol. The van der Waals surface area contributed by atoms with Crippen LogP contribution in [0, 0.1) is 5.92 Å². The molecule has 20 heavy (non-hydrogen) atoms. The van der Waals surface area contributed by atoms with E-state index in [1.54, 1.807) is 29.3 Å². The monoisotopic (exact) mass is 274 g/mol. The number of nitrogens with one attached hydrogen (secondary N) is 1. The third kappa shape index (κ3) is 2.65. The number of hydrogen-bond donors (Lipinski definition) is 2. The van der Waals surface area contributed by atoms with Crippen molar-refractivity contribution in [3.05, 3.63) is 30.4 Å². The van der Waals surface area contributed by atoms with Crippen molar-refractivity contribution in [3.63, 3.8) is 0 Å². The lowest BCUT2D eigenvalue weighted by Gasteiger charge is -2.25. The molecule has 3 rings (SSSR count). The Kier molecular flexibility index (Phi) is 3.64. The van der Waals surface area contributed by atoms with Crippen LogP contribution >= 0.6 is 0 Å². The highest BCUT2D eigenvalue weighted by Gasteiger charge is 2.21. The van der Waals surface area contributed by atoms with E-state index in [1.807, 2.05) is 0 Å². The molecule has 0 aromatic carbocycles. The summed E-state index contributed by atoms with van der Waals surface area (Å²) < 4.78 is 1.63. The molecule has 6 heteroatoms. The Morgan fingerprint density at radius 1 is 1.45 bits per heavy atom. The second kappa shape index (κ2) is 5.58. The number of fused-ring (bicyclic) bond motifs is 1. The Morgan fingerprint density at radius 3 is 3.20 bits per heavy atom. The van der Waals surface area contributed by atoms with Gasteiger partial charge in [0.25, 0.3) is 5.91 Å². The Hall–Kier alpha value is -1.95. The molecule has 1 saturated carbocycles. The first-order chi connectivity index (χ1) is 9.74. The molecule has 0 radical (unpaired) electrons. The summed E-state index contributed by atoms with van der Waals surface area (Å²) in [6.45, 7) is 0.605. The van der Waals surface area contributed by atoms with Gasteiger partial charge in [-0.3, -0.25) is 9.78 Å². The van der Waals surface area contributed by atoms with Crippen molar-refractivity contribution in [1.82, 2.24) is 19.9 Å². The van der Waals surface area contributed by atoms with Crippen LogP contribution in [-0.2, 0) is 0 Å². The van der Waals surface area contributed by atoms with Crippen LogP contribution in [0.4, 0.5) is 0 Å². The quantitative estimate of drug-likeness (QED) is 0.875. The minimum Gasteiger partial charge on any atom is -0.393 e. The van der Waals surface area contributed by atoms with Crippen LogP contribution in [0.15, 0.2) is 24.8 Å². The van der Waals surface area contributed by atoms with Gasteiger partial charge in [-0.15, -0.1) is 0 Å². The molecule has 1 amide bonds. The predicted molar refractivity (Wildman–Crippen MR) is 73.3 cm³/mol. The van der Waals surface area contributed by atoms with E-state index >= 15 is 0 Å². The van der Waals surface area contributed by atoms with E-state index in [0.717, 1.165) is 25.7 Å². The third-order valence-electron chi connectivity index (χ3n) is 3.88. The van der Waals surface area contributed by atoms with E-state index in [2.05, 4.69) is 15.4 Å².